The lowest BCUT2D eigenvalue weighted by molar-refractivity contribution is -0.134. The van der Waals surface area contributed by atoms with Gasteiger partial charge in [0.1, 0.15) is 5.82 Å². The Hall–Kier alpha value is -2.16. The summed E-state index contributed by atoms with van der Waals surface area (Å²) >= 11 is 0. The molecule has 9 heteroatoms. The Bertz CT molecular complexity index is 776. The molecule has 0 spiro atoms. The number of hydrogen-bond donors (Lipinski definition) is 0. The first-order valence-electron chi connectivity index (χ1n) is 9.27. The minimum Gasteiger partial charge on any atom is -0.353 e. The Balaban J connectivity index is 1.49. The summed E-state index contributed by atoms with van der Waals surface area (Å²) in [4.78, 5) is 34.3. The number of rotatable bonds is 5. The van der Waals surface area contributed by atoms with E-state index in [1.165, 1.54) is 6.92 Å². The summed E-state index contributed by atoms with van der Waals surface area (Å²) in [6.07, 6.45) is 2.44. The van der Waals surface area contributed by atoms with Crippen LogP contribution in [0, 0.1) is 0 Å². The first kappa shape index (κ1) is 19.6. The van der Waals surface area contributed by atoms with E-state index in [2.05, 4.69) is 9.88 Å². The number of carbonyl (C=O) groups excluding carboxylic acids is 2. The van der Waals surface area contributed by atoms with Gasteiger partial charge in [-0.25, -0.2) is 13.4 Å². The second-order valence-electron chi connectivity index (χ2n) is 7.08. The molecule has 8 nitrogen and oxygen atoms in total. The van der Waals surface area contributed by atoms with Crippen molar-refractivity contribution < 1.29 is 18.0 Å². The molecule has 148 valence electrons. The van der Waals surface area contributed by atoms with Crippen LogP contribution < -0.4 is 4.90 Å². The molecule has 1 atom stereocenters. The maximum atomic E-state index is 12.5. The van der Waals surface area contributed by atoms with Crippen LogP contribution in [0.15, 0.2) is 24.4 Å². The van der Waals surface area contributed by atoms with Crippen LogP contribution in [-0.2, 0) is 19.4 Å². The molecule has 0 radical (unpaired) electrons. The third-order valence-corrected chi connectivity index (χ3v) is 6.98. The number of sulfone groups is 1. The van der Waals surface area contributed by atoms with Crippen LogP contribution in [0.3, 0.4) is 0 Å². The number of carbonyl (C=O) groups is 2. The van der Waals surface area contributed by atoms with E-state index < -0.39 is 9.84 Å². The Morgan fingerprint density at radius 1 is 1.22 bits per heavy atom. The molecule has 3 rings (SSSR count). The van der Waals surface area contributed by atoms with Crippen LogP contribution in [0.25, 0.3) is 0 Å². The summed E-state index contributed by atoms with van der Waals surface area (Å²) in [5.74, 6) is 0.858. The van der Waals surface area contributed by atoms with Crippen molar-refractivity contribution in [3.8, 4) is 0 Å². The molecule has 1 unspecified atom stereocenters. The number of amides is 2. The lowest BCUT2D eigenvalue weighted by Crippen LogP contribution is -2.50. The van der Waals surface area contributed by atoms with Gasteiger partial charge in [-0.15, -0.1) is 0 Å². The highest BCUT2D eigenvalue weighted by molar-refractivity contribution is 7.91. The third-order valence-electron chi connectivity index (χ3n) is 5.23. The van der Waals surface area contributed by atoms with E-state index in [0.29, 0.717) is 19.5 Å². The van der Waals surface area contributed by atoms with E-state index in [4.69, 9.17) is 0 Å². The van der Waals surface area contributed by atoms with Gasteiger partial charge in [-0.05, 0) is 18.6 Å². The van der Waals surface area contributed by atoms with Crippen LogP contribution in [0.2, 0.25) is 0 Å². The van der Waals surface area contributed by atoms with E-state index in [1.54, 1.807) is 11.1 Å². The van der Waals surface area contributed by atoms with E-state index in [1.807, 2.05) is 23.1 Å². The summed E-state index contributed by atoms with van der Waals surface area (Å²) in [6, 6.07) is 5.47. The molecular formula is C18H26N4O4S. The molecule has 1 aromatic rings. The van der Waals surface area contributed by atoms with Crippen molar-refractivity contribution >= 4 is 27.5 Å². The monoisotopic (exact) mass is 394 g/mol. The number of piperazine rings is 1. The zero-order valence-corrected chi connectivity index (χ0v) is 16.4. The van der Waals surface area contributed by atoms with E-state index in [9.17, 15) is 18.0 Å². The molecule has 0 saturated carbocycles. The zero-order valence-electron chi connectivity index (χ0n) is 15.6. The average Bonchev–Trinajstić information content (AvgIpc) is 3.02. The second-order valence-corrected chi connectivity index (χ2v) is 9.30. The standard InChI is InChI=1S/C18H26N4O4S/c1-15(23)22(16-6-13-27(25,26)14-16)8-5-18(24)21-11-9-20(10-12-21)17-4-2-3-7-19-17/h2-4,7,16H,5-6,8-14H2,1H3. The predicted molar refractivity (Wildman–Crippen MR) is 102 cm³/mol. The van der Waals surface area contributed by atoms with Crippen molar-refractivity contribution in [1.29, 1.82) is 0 Å². The van der Waals surface area contributed by atoms with Gasteiger partial charge in [-0.3, -0.25) is 9.59 Å². The van der Waals surface area contributed by atoms with Gasteiger partial charge in [0.2, 0.25) is 11.8 Å². The van der Waals surface area contributed by atoms with Crippen molar-refractivity contribution in [2.24, 2.45) is 0 Å². The Morgan fingerprint density at radius 2 is 1.96 bits per heavy atom. The van der Waals surface area contributed by atoms with Gasteiger partial charge in [-0.2, -0.15) is 0 Å². The highest BCUT2D eigenvalue weighted by Crippen LogP contribution is 2.19. The van der Waals surface area contributed by atoms with E-state index in [0.717, 1.165) is 18.9 Å². The van der Waals surface area contributed by atoms with Crippen LogP contribution in [0.1, 0.15) is 19.8 Å². The van der Waals surface area contributed by atoms with Crippen LogP contribution >= 0.6 is 0 Å². The first-order chi connectivity index (χ1) is 12.9. The first-order valence-corrected chi connectivity index (χ1v) is 11.1. The SMILES string of the molecule is CC(=O)N(CCC(=O)N1CCN(c2ccccn2)CC1)C1CCS(=O)(=O)C1. The predicted octanol–water partition coefficient (Wildman–Crippen LogP) is 0.156. The maximum absolute atomic E-state index is 12.5. The molecule has 0 bridgehead atoms. The van der Waals surface area contributed by atoms with Gasteiger partial charge in [0.25, 0.3) is 0 Å². The Labute approximate surface area is 160 Å². The van der Waals surface area contributed by atoms with Crippen LogP contribution in [-0.4, -0.2) is 85.3 Å². The van der Waals surface area contributed by atoms with Gasteiger partial charge in [0.15, 0.2) is 9.84 Å². The van der Waals surface area contributed by atoms with E-state index in [-0.39, 0.29) is 42.3 Å². The van der Waals surface area contributed by atoms with Gasteiger partial charge in [-0.1, -0.05) is 6.07 Å². The van der Waals surface area contributed by atoms with Crippen molar-refractivity contribution in [2.75, 3.05) is 49.1 Å². The molecule has 2 aliphatic heterocycles. The average molecular weight is 394 g/mol. The maximum Gasteiger partial charge on any atom is 0.224 e. The molecule has 27 heavy (non-hydrogen) atoms. The molecule has 0 aliphatic carbocycles. The summed E-state index contributed by atoms with van der Waals surface area (Å²) < 4.78 is 23.4. The minimum atomic E-state index is -3.07. The smallest absolute Gasteiger partial charge is 0.224 e. The Morgan fingerprint density at radius 3 is 2.52 bits per heavy atom. The molecule has 2 aliphatic rings. The van der Waals surface area contributed by atoms with Crippen molar-refractivity contribution in [3.63, 3.8) is 0 Å². The van der Waals surface area contributed by atoms with Crippen LogP contribution in [0.4, 0.5) is 5.82 Å². The highest BCUT2D eigenvalue weighted by Gasteiger charge is 2.34. The normalized spacial score (nSPS) is 21.9. The van der Waals surface area contributed by atoms with Gasteiger partial charge in [0.05, 0.1) is 11.5 Å². The van der Waals surface area contributed by atoms with Gasteiger partial charge < -0.3 is 14.7 Å². The number of aromatic nitrogens is 1. The summed E-state index contributed by atoms with van der Waals surface area (Å²) in [5, 5.41) is 0. The lowest BCUT2D eigenvalue weighted by Gasteiger charge is -2.36. The number of pyridine rings is 1. The number of nitrogens with zero attached hydrogens (tertiary/aromatic N) is 4. The van der Waals surface area contributed by atoms with Gasteiger partial charge in [0, 0.05) is 58.3 Å². The fourth-order valence-corrected chi connectivity index (χ4v) is 5.45. The van der Waals surface area contributed by atoms with Crippen molar-refractivity contribution in [1.82, 2.24) is 14.8 Å². The van der Waals surface area contributed by atoms with Crippen molar-refractivity contribution in [3.05, 3.63) is 24.4 Å². The third kappa shape index (κ3) is 4.97. The topological polar surface area (TPSA) is 90.9 Å². The molecule has 3 heterocycles. The zero-order chi connectivity index (χ0) is 19.4. The summed E-state index contributed by atoms with van der Waals surface area (Å²) in [7, 11) is -3.07. The molecular weight excluding hydrogens is 368 g/mol. The van der Waals surface area contributed by atoms with Crippen molar-refractivity contribution in [2.45, 2.75) is 25.8 Å². The fraction of sp³-hybridized carbons (Fsp3) is 0.611. The molecule has 1 aromatic heterocycles. The molecule has 2 amide bonds. The summed E-state index contributed by atoms with van der Waals surface area (Å²) in [5.41, 5.74) is 0. The largest absolute Gasteiger partial charge is 0.353 e. The fourth-order valence-electron chi connectivity index (χ4n) is 3.72. The van der Waals surface area contributed by atoms with E-state index >= 15 is 0 Å². The molecule has 2 fully saturated rings. The highest BCUT2D eigenvalue weighted by atomic mass is 32.2. The van der Waals surface area contributed by atoms with Gasteiger partial charge >= 0.3 is 0 Å². The lowest BCUT2D eigenvalue weighted by atomic mass is 10.2. The second kappa shape index (κ2) is 8.24. The minimum absolute atomic E-state index is 0.00257. The number of hydrogen-bond acceptors (Lipinski definition) is 6. The quantitative estimate of drug-likeness (QED) is 0.706. The number of anilines is 1. The summed E-state index contributed by atoms with van der Waals surface area (Å²) in [6.45, 7) is 4.39. The molecule has 0 N–H and O–H groups in total. The Kier molecular flexibility index (Phi) is 5.98. The molecule has 2 saturated heterocycles. The van der Waals surface area contributed by atoms with Crippen LogP contribution in [0.5, 0.6) is 0 Å². The molecule has 0 aromatic carbocycles.